The number of thiophene rings is 1. The van der Waals surface area contributed by atoms with Crippen molar-refractivity contribution in [3.63, 3.8) is 0 Å². The predicted octanol–water partition coefficient (Wildman–Crippen LogP) is 5.24. The third-order valence-corrected chi connectivity index (χ3v) is 9.28. The largest absolute Gasteiger partial charge is 0.494 e. The molecule has 3 aromatic rings. The maximum atomic E-state index is 12.3. The number of sulfone groups is 1. The standard InChI is InChI=1S/C24H26ClNO3S2/c25-19-5-1-4-17(14-19)15-22-21-16-20(9-7-18(21)8-10-23(22)26)29-11-3-13-31(27,28)24-6-2-12-30-24/h1-2,4-7,9,12,14,16,22-23H,3,8,10-11,13,15,26H2. The highest BCUT2D eigenvalue weighted by Crippen LogP contribution is 2.36. The highest BCUT2D eigenvalue weighted by atomic mass is 35.5. The van der Waals surface area contributed by atoms with Crippen molar-refractivity contribution in [2.75, 3.05) is 12.4 Å². The molecule has 2 aromatic carbocycles. The Morgan fingerprint density at radius 1 is 1.13 bits per heavy atom. The summed E-state index contributed by atoms with van der Waals surface area (Å²) in [6.45, 7) is 0.356. The van der Waals surface area contributed by atoms with E-state index in [0.717, 1.165) is 30.0 Å². The number of nitrogens with two attached hydrogens (primary N) is 1. The van der Waals surface area contributed by atoms with E-state index in [4.69, 9.17) is 22.1 Å². The van der Waals surface area contributed by atoms with E-state index in [1.807, 2.05) is 24.3 Å². The zero-order valence-corrected chi connectivity index (χ0v) is 19.6. The Morgan fingerprint density at radius 3 is 2.77 bits per heavy atom. The highest BCUT2D eigenvalue weighted by Gasteiger charge is 2.27. The minimum Gasteiger partial charge on any atom is -0.494 e. The topological polar surface area (TPSA) is 69.4 Å². The fourth-order valence-electron chi connectivity index (χ4n) is 4.15. The number of aryl methyl sites for hydroxylation is 1. The average Bonchev–Trinajstić information content (AvgIpc) is 3.29. The molecule has 4 nitrogen and oxygen atoms in total. The second-order valence-electron chi connectivity index (χ2n) is 7.96. The molecule has 0 spiro atoms. The lowest BCUT2D eigenvalue weighted by Crippen LogP contribution is -2.34. The Kier molecular flexibility index (Phi) is 7.02. The van der Waals surface area contributed by atoms with Gasteiger partial charge in [-0.25, -0.2) is 8.42 Å². The van der Waals surface area contributed by atoms with Gasteiger partial charge in [-0.05, 0) is 78.1 Å². The number of hydrogen-bond acceptors (Lipinski definition) is 5. The first-order chi connectivity index (χ1) is 14.9. The van der Waals surface area contributed by atoms with Crippen molar-refractivity contribution in [1.29, 1.82) is 0 Å². The van der Waals surface area contributed by atoms with E-state index in [-0.39, 0.29) is 17.7 Å². The Hall–Kier alpha value is -1.86. The SMILES string of the molecule is NC1CCc2ccc(OCCCS(=O)(=O)c3cccs3)cc2C1Cc1cccc(Cl)c1. The molecule has 1 heterocycles. The van der Waals surface area contributed by atoms with E-state index in [1.165, 1.54) is 28.0 Å². The number of benzene rings is 2. The van der Waals surface area contributed by atoms with Crippen molar-refractivity contribution >= 4 is 32.8 Å². The van der Waals surface area contributed by atoms with Crippen LogP contribution in [0.15, 0.2) is 64.2 Å². The van der Waals surface area contributed by atoms with Crippen molar-refractivity contribution in [3.8, 4) is 5.75 Å². The van der Waals surface area contributed by atoms with Crippen LogP contribution in [0.5, 0.6) is 5.75 Å². The third kappa shape index (κ3) is 5.50. The quantitative estimate of drug-likeness (QED) is 0.452. The maximum absolute atomic E-state index is 12.3. The van der Waals surface area contributed by atoms with Crippen molar-refractivity contribution in [3.05, 3.63) is 81.7 Å². The molecule has 2 N–H and O–H groups in total. The van der Waals surface area contributed by atoms with E-state index in [1.54, 1.807) is 17.5 Å². The summed E-state index contributed by atoms with van der Waals surface area (Å²) in [7, 11) is -3.23. The van der Waals surface area contributed by atoms with Gasteiger partial charge in [0.05, 0.1) is 12.4 Å². The van der Waals surface area contributed by atoms with Crippen molar-refractivity contribution in [2.24, 2.45) is 5.73 Å². The zero-order valence-electron chi connectivity index (χ0n) is 17.2. The van der Waals surface area contributed by atoms with Crippen LogP contribution in [0.1, 0.15) is 35.4 Å². The minimum atomic E-state index is -3.23. The molecule has 0 saturated heterocycles. The smallest absolute Gasteiger partial charge is 0.187 e. The molecule has 0 radical (unpaired) electrons. The lowest BCUT2D eigenvalue weighted by Gasteiger charge is -2.32. The third-order valence-electron chi connectivity index (χ3n) is 5.75. The van der Waals surface area contributed by atoms with Crippen LogP contribution in [-0.4, -0.2) is 26.8 Å². The molecular formula is C24H26ClNO3S2. The van der Waals surface area contributed by atoms with Crippen LogP contribution in [-0.2, 0) is 22.7 Å². The summed E-state index contributed by atoms with van der Waals surface area (Å²) in [5.41, 5.74) is 10.2. The summed E-state index contributed by atoms with van der Waals surface area (Å²) in [5.74, 6) is 1.04. The molecule has 164 valence electrons. The van der Waals surface area contributed by atoms with Crippen LogP contribution < -0.4 is 10.5 Å². The van der Waals surface area contributed by atoms with Gasteiger partial charge in [-0.1, -0.05) is 35.9 Å². The molecule has 0 bridgehead atoms. The normalized spacial score (nSPS) is 18.5. The minimum absolute atomic E-state index is 0.0812. The molecule has 1 aliphatic rings. The van der Waals surface area contributed by atoms with Gasteiger partial charge in [-0.2, -0.15) is 0 Å². The molecule has 0 amide bonds. The molecule has 0 saturated carbocycles. The molecule has 4 rings (SSSR count). The van der Waals surface area contributed by atoms with Gasteiger partial charge in [0.25, 0.3) is 0 Å². The number of ether oxygens (including phenoxy) is 1. The first-order valence-electron chi connectivity index (χ1n) is 10.4. The summed E-state index contributed by atoms with van der Waals surface area (Å²) in [6, 6.07) is 17.6. The van der Waals surface area contributed by atoms with E-state index >= 15 is 0 Å². The average molecular weight is 476 g/mol. The molecule has 7 heteroatoms. The number of halogens is 1. The van der Waals surface area contributed by atoms with Crippen LogP contribution in [0.4, 0.5) is 0 Å². The molecule has 31 heavy (non-hydrogen) atoms. The Labute approximate surface area is 192 Å². The second kappa shape index (κ2) is 9.74. The fourth-order valence-corrected chi connectivity index (χ4v) is 6.80. The summed E-state index contributed by atoms with van der Waals surface area (Å²) in [4.78, 5) is 0. The molecule has 1 aliphatic carbocycles. The van der Waals surface area contributed by atoms with Crippen LogP contribution in [0.3, 0.4) is 0 Å². The van der Waals surface area contributed by atoms with Gasteiger partial charge in [0, 0.05) is 17.0 Å². The number of rotatable bonds is 8. The van der Waals surface area contributed by atoms with Gasteiger partial charge >= 0.3 is 0 Å². The van der Waals surface area contributed by atoms with Crippen LogP contribution in [0.25, 0.3) is 0 Å². The second-order valence-corrected chi connectivity index (χ2v) is 11.7. The van der Waals surface area contributed by atoms with E-state index in [2.05, 4.69) is 18.2 Å². The summed E-state index contributed by atoms with van der Waals surface area (Å²) in [6.07, 6.45) is 3.20. The van der Waals surface area contributed by atoms with Crippen molar-refractivity contribution < 1.29 is 13.2 Å². The molecule has 0 aliphatic heterocycles. The molecule has 1 aromatic heterocycles. The van der Waals surface area contributed by atoms with Crippen LogP contribution >= 0.6 is 22.9 Å². The Morgan fingerprint density at radius 2 is 2.00 bits per heavy atom. The summed E-state index contributed by atoms with van der Waals surface area (Å²) < 4.78 is 30.9. The first kappa shape index (κ1) is 22.3. The monoisotopic (exact) mass is 475 g/mol. The highest BCUT2D eigenvalue weighted by molar-refractivity contribution is 7.93. The lowest BCUT2D eigenvalue weighted by molar-refractivity contribution is 0.316. The lowest BCUT2D eigenvalue weighted by atomic mass is 9.76. The number of hydrogen-bond donors (Lipinski definition) is 1. The Bertz CT molecular complexity index is 1130. The van der Waals surface area contributed by atoms with Gasteiger partial charge in [-0.3, -0.25) is 0 Å². The maximum Gasteiger partial charge on any atom is 0.187 e. The van der Waals surface area contributed by atoms with Gasteiger partial charge in [0.2, 0.25) is 0 Å². The van der Waals surface area contributed by atoms with Gasteiger partial charge in [0.15, 0.2) is 9.84 Å². The number of fused-ring (bicyclic) bond motifs is 1. The van der Waals surface area contributed by atoms with E-state index < -0.39 is 9.84 Å². The molecule has 2 atom stereocenters. The molecule has 2 unspecified atom stereocenters. The van der Waals surface area contributed by atoms with E-state index in [9.17, 15) is 8.42 Å². The fraction of sp³-hybridized carbons (Fsp3) is 0.333. The van der Waals surface area contributed by atoms with Gasteiger partial charge in [-0.15, -0.1) is 11.3 Å². The van der Waals surface area contributed by atoms with Crippen molar-refractivity contribution in [1.82, 2.24) is 0 Å². The van der Waals surface area contributed by atoms with Crippen LogP contribution in [0, 0.1) is 0 Å². The van der Waals surface area contributed by atoms with Gasteiger partial charge < -0.3 is 10.5 Å². The Balaban J connectivity index is 1.42. The summed E-state index contributed by atoms with van der Waals surface area (Å²) in [5, 5.41) is 2.51. The van der Waals surface area contributed by atoms with Crippen molar-refractivity contribution in [2.45, 2.75) is 41.9 Å². The van der Waals surface area contributed by atoms with E-state index in [0.29, 0.717) is 17.2 Å². The summed E-state index contributed by atoms with van der Waals surface area (Å²) >= 11 is 7.42. The molecule has 0 fully saturated rings. The van der Waals surface area contributed by atoms with Gasteiger partial charge in [0.1, 0.15) is 9.96 Å². The zero-order chi connectivity index (χ0) is 21.8. The predicted molar refractivity (Wildman–Crippen MR) is 127 cm³/mol. The van der Waals surface area contributed by atoms with Crippen LogP contribution in [0.2, 0.25) is 5.02 Å². The first-order valence-corrected chi connectivity index (χ1v) is 13.4. The molecular weight excluding hydrogens is 450 g/mol.